The number of nitrogens with zero attached hydrogens (tertiary/aromatic N) is 2. The Labute approximate surface area is 120 Å². The summed E-state index contributed by atoms with van der Waals surface area (Å²) in [6, 6.07) is 8.43. The first-order valence-electron chi connectivity index (χ1n) is 6.92. The van der Waals surface area contributed by atoms with Crippen LogP contribution in [-0.4, -0.2) is 62.1 Å². The molecule has 1 fully saturated rings. The quantitative estimate of drug-likeness (QED) is 0.872. The normalized spacial score (nSPS) is 18.6. The molecule has 0 bridgehead atoms. The second-order valence-corrected chi connectivity index (χ2v) is 7.08. The first kappa shape index (κ1) is 15.4. The number of benzene rings is 1. The minimum atomic E-state index is -3.53. The van der Waals surface area contributed by atoms with Gasteiger partial charge in [-0.05, 0) is 45.1 Å². The maximum Gasteiger partial charge on any atom is 0.243 e. The van der Waals surface area contributed by atoms with Crippen molar-refractivity contribution in [2.24, 2.45) is 0 Å². The number of likely N-dealkylation sites (tertiary alicyclic amines) is 1. The van der Waals surface area contributed by atoms with Gasteiger partial charge in [-0.25, -0.2) is 8.42 Å². The molecule has 0 amide bonds. The van der Waals surface area contributed by atoms with Gasteiger partial charge >= 0.3 is 0 Å². The van der Waals surface area contributed by atoms with Crippen LogP contribution in [0.2, 0.25) is 0 Å². The summed E-state index contributed by atoms with van der Waals surface area (Å²) in [6.07, 6.45) is 1.62. The highest BCUT2D eigenvalue weighted by atomic mass is 32.2. The van der Waals surface area contributed by atoms with Gasteiger partial charge < -0.3 is 10.0 Å². The third-order valence-electron chi connectivity index (χ3n) is 3.77. The molecule has 0 atom stereocenters. The Morgan fingerprint density at radius 1 is 1.25 bits per heavy atom. The highest BCUT2D eigenvalue weighted by molar-refractivity contribution is 7.89. The van der Waals surface area contributed by atoms with Crippen LogP contribution >= 0.6 is 0 Å². The van der Waals surface area contributed by atoms with Crippen molar-refractivity contribution in [1.82, 2.24) is 9.21 Å². The standard InChI is InChI=1S/C14H22N2O3S/c1-15-9-7-13(8-10-15)16(11-12-17)20(18,19)14-5-3-2-4-6-14/h2-6,13,17H,7-12H2,1H3. The van der Waals surface area contributed by atoms with E-state index >= 15 is 0 Å². The van der Waals surface area contributed by atoms with E-state index in [1.807, 2.05) is 7.05 Å². The van der Waals surface area contributed by atoms with Crippen molar-refractivity contribution in [3.8, 4) is 0 Å². The lowest BCUT2D eigenvalue weighted by atomic mass is 10.1. The monoisotopic (exact) mass is 298 g/mol. The van der Waals surface area contributed by atoms with E-state index in [-0.39, 0.29) is 19.2 Å². The van der Waals surface area contributed by atoms with E-state index in [4.69, 9.17) is 0 Å². The Kier molecular flexibility index (Phi) is 5.15. The Hall–Kier alpha value is -0.950. The molecule has 112 valence electrons. The summed E-state index contributed by atoms with van der Waals surface area (Å²) in [5.74, 6) is 0. The van der Waals surface area contributed by atoms with E-state index in [0.29, 0.717) is 4.90 Å². The first-order chi connectivity index (χ1) is 9.55. The van der Waals surface area contributed by atoms with Gasteiger partial charge in [0, 0.05) is 12.6 Å². The van der Waals surface area contributed by atoms with E-state index in [0.717, 1.165) is 25.9 Å². The predicted molar refractivity (Wildman–Crippen MR) is 77.9 cm³/mol. The third-order valence-corrected chi connectivity index (χ3v) is 5.73. The van der Waals surface area contributed by atoms with E-state index in [9.17, 15) is 13.5 Å². The SMILES string of the molecule is CN1CCC(N(CCO)S(=O)(=O)c2ccccc2)CC1. The van der Waals surface area contributed by atoms with Crippen molar-refractivity contribution in [3.63, 3.8) is 0 Å². The maximum atomic E-state index is 12.7. The highest BCUT2D eigenvalue weighted by Crippen LogP contribution is 2.23. The molecule has 1 saturated heterocycles. The molecule has 20 heavy (non-hydrogen) atoms. The van der Waals surface area contributed by atoms with E-state index in [2.05, 4.69) is 4.90 Å². The molecule has 0 spiro atoms. The third kappa shape index (κ3) is 3.38. The lowest BCUT2D eigenvalue weighted by molar-refractivity contribution is 0.161. The molecule has 1 heterocycles. The van der Waals surface area contributed by atoms with Crippen LogP contribution in [0.4, 0.5) is 0 Å². The van der Waals surface area contributed by atoms with Crippen LogP contribution in [-0.2, 0) is 10.0 Å². The fraction of sp³-hybridized carbons (Fsp3) is 0.571. The maximum absolute atomic E-state index is 12.7. The molecule has 1 aliphatic rings. The van der Waals surface area contributed by atoms with Crippen molar-refractivity contribution < 1.29 is 13.5 Å². The fourth-order valence-corrected chi connectivity index (χ4v) is 4.31. The molecular formula is C14H22N2O3S. The van der Waals surface area contributed by atoms with Crippen LogP contribution in [0.15, 0.2) is 35.2 Å². The molecule has 0 saturated carbocycles. The zero-order chi connectivity index (χ0) is 14.6. The summed E-state index contributed by atoms with van der Waals surface area (Å²) >= 11 is 0. The zero-order valence-corrected chi connectivity index (χ0v) is 12.6. The molecule has 1 aliphatic heterocycles. The van der Waals surface area contributed by atoms with Crippen molar-refractivity contribution in [2.45, 2.75) is 23.8 Å². The van der Waals surface area contributed by atoms with E-state index in [1.54, 1.807) is 30.3 Å². The minimum Gasteiger partial charge on any atom is -0.395 e. The second-order valence-electron chi connectivity index (χ2n) is 5.19. The molecule has 6 heteroatoms. The van der Waals surface area contributed by atoms with Crippen molar-refractivity contribution in [3.05, 3.63) is 30.3 Å². The number of rotatable bonds is 5. The van der Waals surface area contributed by atoms with Crippen LogP contribution in [0.5, 0.6) is 0 Å². The van der Waals surface area contributed by atoms with Gasteiger partial charge in [-0.1, -0.05) is 18.2 Å². The smallest absolute Gasteiger partial charge is 0.243 e. The van der Waals surface area contributed by atoms with E-state index in [1.165, 1.54) is 4.31 Å². The van der Waals surface area contributed by atoms with E-state index < -0.39 is 10.0 Å². The minimum absolute atomic E-state index is 0.0245. The Balaban J connectivity index is 2.24. The topological polar surface area (TPSA) is 60.9 Å². The van der Waals surface area contributed by atoms with Gasteiger partial charge in [-0.2, -0.15) is 4.31 Å². The molecular weight excluding hydrogens is 276 g/mol. The molecule has 2 rings (SSSR count). The average molecular weight is 298 g/mol. The largest absolute Gasteiger partial charge is 0.395 e. The van der Waals surface area contributed by atoms with Crippen molar-refractivity contribution in [1.29, 1.82) is 0 Å². The molecule has 5 nitrogen and oxygen atoms in total. The summed E-state index contributed by atoms with van der Waals surface area (Å²) in [5, 5.41) is 9.21. The van der Waals surface area contributed by atoms with Gasteiger partial charge in [0.15, 0.2) is 0 Å². The number of piperidine rings is 1. The van der Waals surface area contributed by atoms with Gasteiger partial charge in [0.05, 0.1) is 11.5 Å². The lowest BCUT2D eigenvalue weighted by Gasteiger charge is -2.36. The van der Waals surface area contributed by atoms with Gasteiger partial charge in [-0.3, -0.25) is 0 Å². The second kappa shape index (κ2) is 6.67. The van der Waals surface area contributed by atoms with Crippen molar-refractivity contribution >= 4 is 10.0 Å². The number of hydrogen-bond donors (Lipinski definition) is 1. The molecule has 0 aromatic heterocycles. The highest BCUT2D eigenvalue weighted by Gasteiger charge is 2.32. The van der Waals surface area contributed by atoms with Crippen LogP contribution in [0.25, 0.3) is 0 Å². The molecule has 1 aromatic carbocycles. The van der Waals surface area contributed by atoms with Gasteiger partial charge in [0.2, 0.25) is 10.0 Å². The molecule has 1 N–H and O–H groups in total. The summed E-state index contributed by atoms with van der Waals surface area (Å²) in [7, 11) is -1.49. The average Bonchev–Trinajstić information content (AvgIpc) is 2.47. The molecule has 0 radical (unpaired) electrons. The molecule has 0 aliphatic carbocycles. The Morgan fingerprint density at radius 3 is 2.40 bits per heavy atom. The Morgan fingerprint density at radius 2 is 1.85 bits per heavy atom. The predicted octanol–water partition coefficient (Wildman–Crippen LogP) is 0.764. The van der Waals surface area contributed by atoms with Crippen LogP contribution < -0.4 is 0 Å². The lowest BCUT2D eigenvalue weighted by Crippen LogP contribution is -2.47. The summed E-state index contributed by atoms with van der Waals surface area (Å²) in [5.41, 5.74) is 0. The number of hydrogen-bond acceptors (Lipinski definition) is 4. The van der Waals surface area contributed by atoms with Crippen LogP contribution in [0.3, 0.4) is 0 Å². The van der Waals surface area contributed by atoms with Gasteiger partial charge in [-0.15, -0.1) is 0 Å². The summed E-state index contributed by atoms with van der Waals surface area (Å²) < 4.78 is 26.9. The zero-order valence-electron chi connectivity index (χ0n) is 11.8. The van der Waals surface area contributed by atoms with Crippen LogP contribution in [0, 0.1) is 0 Å². The number of aliphatic hydroxyl groups is 1. The summed E-state index contributed by atoms with van der Waals surface area (Å²) in [6.45, 7) is 1.78. The summed E-state index contributed by atoms with van der Waals surface area (Å²) in [4.78, 5) is 2.50. The van der Waals surface area contributed by atoms with Crippen LogP contribution in [0.1, 0.15) is 12.8 Å². The number of sulfonamides is 1. The molecule has 1 aromatic rings. The Bertz CT molecular complexity index is 510. The fourth-order valence-electron chi connectivity index (χ4n) is 2.61. The van der Waals surface area contributed by atoms with Gasteiger partial charge in [0.1, 0.15) is 0 Å². The first-order valence-corrected chi connectivity index (χ1v) is 8.36. The number of aliphatic hydroxyl groups excluding tert-OH is 1. The van der Waals surface area contributed by atoms with Gasteiger partial charge in [0.25, 0.3) is 0 Å². The molecule has 0 unspecified atom stereocenters. The van der Waals surface area contributed by atoms with Crippen molar-refractivity contribution in [2.75, 3.05) is 33.3 Å².